The predicted octanol–water partition coefficient (Wildman–Crippen LogP) is 2.07. The summed E-state index contributed by atoms with van der Waals surface area (Å²) in [6, 6.07) is 4.52. The van der Waals surface area contributed by atoms with Crippen molar-refractivity contribution in [3.05, 3.63) is 30.1 Å². The van der Waals surface area contributed by atoms with Gasteiger partial charge >= 0.3 is 6.18 Å². The van der Waals surface area contributed by atoms with E-state index in [4.69, 9.17) is 5.73 Å². The zero-order valence-corrected chi connectivity index (χ0v) is 9.52. The van der Waals surface area contributed by atoms with Gasteiger partial charge in [-0.15, -0.1) is 0 Å². The Morgan fingerprint density at radius 2 is 1.76 bits per heavy atom. The van der Waals surface area contributed by atoms with Gasteiger partial charge in [0.15, 0.2) is 0 Å². The number of alkyl halides is 3. The van der Waals surface area contributed by atoms with Crippen molar-refractivity contribution in [3.63, 3.8) is 0 Å². The maximum Gasteiger partial charge on any atom is 0.393 e. The molecule has 7 heteroatoms. The molecule has 1 rings (SSSR count). The lowest BCUT2D eigenvalue weighted by Gasteiger charge is -2.17. The minimum absolute atomic E-state index is 0.161. The molecule has 0 amide bonds. The highest BCUT2D eigenvalue weighted by Gasteiger charge is 2.39. The number of nitrogens with two attached hydrogens (primary N) is 1. The van der Waals surface area contributed by atoms with Crippen LogP contribution in [-0.2, 0) is 10.8 Å². The molecular weight excluding hydrogens is 258 g/mol. The Hall–Kier alpha value is -0.950. The summed E-state index contributed by atoms with van der Waals surface area (Å²) in [5.41, 5.74) is 4.99. The zero-order valence-electron chi connectivity index (χ0n) is 8.71. The SMILES string of the molecule is NCC(CS(=O)c1ccc(F)cc1)C(F)(F)F. The molecule has 0 bridgehead atoms. The standard InChI is InChI=1S/C10H11F4NOS/c11-8-1-3-9(4-2-8)17(16)6-7(5-15)10(12,13)14/h1-4,7H,5-6,15H2. The lowest BCUT2D eigenvalue weighted by atomic mass is 10.2. The van der Waals surface area contributed by atoms with Crippen LogP contribution in [0.1, 0.15) is 0 Å². The first-order valence-electron chi connectivity index (χ1n) is 4.75. The van der Waals surface area contributed by atoms with Crippen LogP contribution in [0.25, 0.3) is 0 Å². The molecule has 0 heterocycles. The van der Waals surface area contributed by atoms with Gasteiger partial charge in [-0.25, -0.2) is 4.39 Å². The van der Waals surface area contributed by atoms with Crippen LogP contribution in [0.2, 0.25) is 0 Å². The molecule has 0 aliphatic carbocycles. The van der Waals surface area contributed by atoms with Gasteiger partial charge in [-0.1, -0.05) is 0 Å². The van der Waals surface area contributed by atoms with Gasteiger partial charge in [0.1, 0.15) is 5.82 Å². The van der Waals surface area contributed by atoms with E-state index < -0.39 is 41.0 Å². The van der Waals surface area contributed by atoms with E-state index in [1.54, 1.807) is 0 Å². The van der Waals surface area contributed by atoms with E-state index in [2.05, 4.69) is 0 Å². The number of halogens is 4. The second-order valence-electron chi connectivity index (χ2n) is 3.44. The van der Waals surface area contributed by atoms with Gasteiger partial charge in [-0.3, -0.25) is 4.21 Å². The van der Waals surface area contributed by atoms with E-state index in [1.807, 2.05) is 0 Å². The fourth-order valence-corrected chi connectivity index (χ4v) is 2.48. The van der Waals surface area contributed by atoms with Crippen LogP contribution in [0, 0.1) is 11.7 Å². The van der Waals surface area contributed by atoms with Gasteiger partial charge in [0, 0.05) is 17.2 Å². The molecule has 0 aromatic heterocycles. The predicted molar refractivity (Wildman–Crippen MR) is 56.3 cm³/mol. The van der Waals surface area contributed by atoms with Crippen LogP contribution in [-0.4, -0.2) is 22.7 Å². The Bertz CT molecular complexity index is 390. The molecule has 0 radical (unpaired) electrons. The second-order valence-corrected chi connectivity index (χ2v) is 4.94. The van der Waals surface area contributed by atoms with E-state index in [0.29, 0.717) is 0 Å². The van der Waals surface area contributed by atoms with Crippen molar-refractivity contribution in [1.82, 2.24) is 0 Å². The monoisotopic (exact) mass is 269 g/mol. The second kappa shape index (κ2) is 5.59. The normalized spacial score (nSPS) is 15.6. The van der Waals surface area contributed by atoms with Crippen LogP contribution in [0.3, 0.4) is 0 Å². The van der Waals surface area contributed by atoms with Crippen molar-refractivity contribution in [3.8, 4) is 0 Å². The summed E-state index contributed by atoms with van der Waals surface area (Å²) in [4.78, 5) is 0.161. The first kappa shape index (κ1) is 14.1. The number of hydrogen-bond acceptors (Lipinski definition) is 2. The Balaban J connectivity index is 2.75. The highest BCUT2D eigenvalue weighted by molar-refractivity contribution is 7.85. The molecule has 2 atom stereocenters. The molecule has 0 spiro atoms. The Kier molecular flexibility index (Phi) is 4.64. The van der Waals surface area contributed by atoms with Crippen molar-refractivity contribution in [2.45, 2.75) is 11.1 Å². The summed E-state index contributed by atoms with van der Waals surface area (Å²) in [5.74, 6) is -2.95. The van der Waals surface area contributed by atoms with Crippen LogP contribution < -0.4 is 5.73 Å². The molecule has 0 aliphatic heterocycles. The maximum atomic E-state index is 12.6. The van der Waals surface area contributed by atoms with Crippen LogP contribution in [0.15, 0.2) is 29.2 Å². The molecule has 0 aliphatic rings. The lowest BCUT2D eigenvalue weighted by Crippen LogP contribution is -2.34. The zero-order chi connectivity index (χ0) is 13.1. The minimum atomic E-state index is -4.47. The van der Waals surface area contributed by atoms with Gasteiger partial charge in [0.25, 0.3) is 0 Å². The Morgan fingerprint density at radius 1 is 1.24 bits per heavy atom. The summed E-state index contributed by atoms with van der Waals surface area (Å²) >= 11 is 0. The molecule has 0 saturated heterocycles. The van der Waals surface area contributed by atoms with E-state index in [0.717, 1.165) is 12.1 Å². The van der Waals surface area contributed by atoms with Crippen LogP contribution in [0.5, 0.6) is 0 Å². The molecule has 1 aromatic carbocycles. The molecule has 2 unspecified atom stereocenters. The van der Waals surface area contributed by atoms with Gasteiger partial charge < -0.3 is 5.73 Å². The molecular formula is C10H11F4NOS. The minimum Gasteiger partial charge on any atom is -0.330 e. The van der Waals surface area contributed by atoms with Gasteiger partial charge in [-0.05, 0) is 24.3 Å². The topological polar surface area (TPSA) is 43.1 Å². The van der Waals surface area contributed by atoms with E-state index in [9.17, 15) is 21.8 Å². The quantitative estimate of drug-likeness (QED) is 0.850. The largest absolute Gasteiger partial charge is 0.393 e. The summed E-state index contributed by atoms with van der Waals surface area (Å²) in [6.45, 7) is -0.615. The average molecular weight is 269 g/mol. The molecule has 0 saturated carbocycles. The van der Waals surface area contributed by atoms with Crippen molar-refractivity contribution in [1.29, 1.82) is 0 Å². The fourth-order valence-electron chi connectivity index (χ4n) is 1.16. The first-order chi connectivity index (χ1) is 7.84. The summed E-state index contributed by atoms with van der Waals surface area (Å²) in [7, 11) is -1.83. The van der Waals surface area contributed by atoms with Crippen LogP contribution >= 0.6 is 0 Å². The molecule has 1 aromatic rings. The van der Waals surface area contributed by atoms with Crippen molar-refractivity contribution in [2.75, 3.05) is 12.3 Å². The summed E-state index contributed by atoms with van der Waals surface area (Å²) in [6.07, 6.45) is -4.47. The van der Waals surface area contributed by atoms with Crippen molar-refractivity contribution >= 4 is 10.8 Å². The first-order valence-corrected chi connectivity index (χ1v) is 6.07. The highest BCUT2D eigenvalue weighted by atomic mass is 32.2. The number of rotatable bonds is 4. The van der Waals surface area contributed by atoms with Gasteiger partial charge in [-0.2, -0.15) is 13.2 Å². The van der Waals surface area contributed by atoms with E-state index in [-0.39, 0.29) is 4.90 Å². The Morgan fingerprint density at radius 3 is 2.18 bits per heavy atom. The fraction of sp³-hybridized carbons (Fsp3) is 0.400. The number of hydrogen-bond donors (Lipinski definition) is 1. The summed E-state index contributed by atoms with van der Waals surface area (Å²) < 4.78 is 61.3. The van der Waals surface area contributed by atoms with Crippen molar-refractivity contribution < 1.29 is 21.8 Å². The average Bonchev–Trinajstić information content (AvgIpc) is 2.24. The number of benzene rings is 1. The van der Waals surface area contributed by atoms with Crippen LogP contribution in [0.4, 0.5) is 17.6 Å². The van der Waals surface area contributed by atoms with Gasteiger partial charge in [0.2, 0.25) is 0 Å². The van der Waals surface area contributed by atoms with Gasteiger partial charge in [0.05, 0.1) is 16.7 Å². The molecule has 2 nitrogen and oxygen atoms in total. The molecule has 17 heavy (non-hydrogen) atoms. The van der Waals surface area contributed by atoms with E-state index in [1.165, 1.54) is 12.1 Å². The Labute approximate surface area is 98.3 Å². The van der Waals surface area contributed by atoms with Crippen molar-refractivity contribution in [2.24, 2.45) is 11.7 Å². The molecule has 2 N–H and O–H groups in total. The summed E-state index contributed by atoms with van der Waals surface area (Å²) in [5, 5.41) is 0. The lowest BCUT2D eigenvalue weighted by molar-refractivity contribution is -0.165. The maximum absolute atomic E-state index is 12.6. The third-order valence-electron chi connectivity index (χ3n) is 2.18. The third kappa shape index (κ3) is 4.08. The highest BCUT2D eigenvalue weighted by Crippen LogP contribution is 2.27. The smallest absolute Gasteiger partial charge is 0.330 e. The molecule has 0 fully saturated rings. The third-order valence-corrected chi connectivity index (χ3v) is 3.68. The van der Waals surface area contributed by atoms with E-state index >= 15 is 0 Å². The molecule has 96 valence electrons.